The molecule has 1 amide bonds. The summed E-state index contributed by atoms with van der Waals surface area (Å²) in [6, 6.07) is 1.92. The lowest BCUT2D eigenvalue weighted by Gasteiger charge is -2.14. The Morgan fingerprint density at radius 2 is 2.28 bits per heavy atom. The number of carboxylic acids is 1. The van der Waals surface area contributed by atoms with Crippen molar-refractivity contribution in [2.45, 2.75) is 26.7 Å². The average molecular weight is 267 g/mol. The van der Waals surface area contributed by atoms with Crippen molar-refractivity contribution in [1.82, 2.24) is 4.90 Å². The van der Waals surface area contributed by atoms with Crippen LogP contribution in [-0.2, 0) is 11.2 Å². The van der Waals surface area contributed by atoms with Crippen LogP contribution >= 0.6 is 11.3 Å². The van der Waals surface area contributed by atoms with Crippen LogP contribution in [0.3, 0.4) is 0 Å². The average Bonchev–Trinajstić information content (AvgIpc) is 2.94. The Kier molecular flexibility index (Phi) is 3.71. The molecule has 0 saturated carbocycles. The molecule has 1 saturated heterocycles. The van der Waals surface area contributed by atoms with Crippen molar-refractivity contribution in [3.63, 3.8) is 0 Å². The highest BCUT2D eigenvalue weighted by Gasteiger charge is 2.31. The zero-order valence-electron chi connectivity index (χ0n) is 10.6. The highest BCUT2D eigenvalue weighted by molar-refractivity contribution is 7.14. The lowest BCUT2D eigenvalue weighted by atomic mass is 10.1. The molecular formula is C13H17NO3S. The maximum absolute atomic E-state index is 12.2. The molecule has 1 aromatic heterocycles. The first-order chi connectivity index (χ1) is 8.52. The zero-order valence-corrected chi connectivity index (χ0v) is 11.4. The van der Waals surface area contributed by atoms with Gasteiger partial charge in [-0.25, -0.2) is 0 Å². The van der Waals surface area contributed by atoms with Gasteiger partial charge in [-0.05, 0) is 31.4 Å². The molecule has 0 unspecified atom stereocenters. The van der Waals surface area contributed by atoms with Gasteiger partial charge in [-0.1, -0.05) is 6.92 Å². The first kappa shape index (κ1) is 13.1. The van der Waals surface area contributed by atoms with Gasteiger partial charge in [-0.3, -0.25) is 9.59 Å². The molecule has 98 valence electrons. The molecule has 1 N–H and O–H groups in total. The Bertz CT molecular complexity index is 481. The van der Waals surface area contributed by atoms with Crippen LogP contribution in [0.5, 0.6) is 0 Å². The van der Waals surface area contributed by atoms with E-state index < -0.39 is 11.9 Å². The van der Waals surface area contributed by atoms with Crippen LogP contribution in [0.1, 0.15) is 33.5 Å². The Hall–Kier alpha value is -1.36. The Morgan fingerprint density at radius 3 is 2.78 bits per heavy atom. The van der Waals surface area contributed by atoms with E-state index in [0.29, 0.717) is 19.5 Å². The predicted octanol–water partition coefficient (Wildman–Crippen LogP) is 2.17. The standard InChI is InChI=1S/C13H17NO3S/c1-3-10-8(2)6-11(18-10)12(15)14-5-4-9(7-14)13(16)17/h6,9H,3-5,7H2,1-2H3,(H,16,17)/t9-/m0/s1. The van der Waals surface area contributed by atoms with E-state index >= 15 is 0 Å². The van der Waals surface area contributed by atoms with Gasteiger partial charge in [-0.2, -0.15) is 0 Å². The minimum absolute atomic E-state index is 0.0217. The topological polar surface area (TPSA) is 57.6 Å². The summed E-state index contributed by atoms with van der Waals surface area (Å²) in [7, 11) is 0. The number of amides is 1. The van der Waals surface area contributed by atoms with Gasteiger partial charge in [0.25, 0.3) is 5.91 Å². The van der Waals surface area contributed by atoms with E-state index in [2.05, 4.69) is 6.92 Å². The van der Waals surface area contributed by atoms with Crippen molar-refractivity contribution in [2.75, 3.05) is 13.1 Å². The number of rotatable bonds is 3. The van der Waals surface area contributed by atoms with Crippen LogP contribution in [-0.4, -0.2) is 35.0 Å². The first-order valence-corrected chi connectivity index (χ1v) is 6.96. The molecule has 0 spiro atoms. The van der Waals surface area contributed by atoms with E-state index in [4.69, 9.17) is 5.11 Å². The summed E-state index contributed by atoms with van der Waals surface area (Å²) in [5, 5.41) is 8.93. The number of thiophene rings is 1. The fourth-order valence-electron chi connectivity index (χ4n) is 2.28. The Morgan fingerprint density at radius 1 is 1.56 bits per heavy atom. The van der Waals surface area contributed by atoms with Crippen LogP contribution in [0.4, 0.5) is 0 Å². The van der Waals surface area contributed by atoms with Gasteiger partial charge in [0.05, 0.1) is 10.8 Å². The predicted molar refractivity (Wildman–Crippen MR) is 70.1 cm³/mol. The van der Waals surface area contributed by atoms with Gasteiger partial charge in [0.15, 0.2) is 0 Å². The molecule has 1 aliphatic heterocycles. The minimum atomic E-state index is -0.804. The van der Waals surface area contributed by atoms with Crippen molar-refractivity contribution < 1.29 is 14.7 Å². The smallest absolute Gasteiger partial charge is 0.308 e. The van der Waals surface area contributed by atoms with Crippen molar-refractivity contribution >= 4 is 23.2 Å². The van der Waals surface area contributed by atoms with Crippen molar-refractivity contribution in [2.24, 2.45) is 5.92 Å². The second-order valence-electron chi connectivity index (χ2n) is 4.65. The number of hydrogen-bond acceptors (Lipinski definition) is 3. The van der Waals surface area contributed by atoms with Crippen LogP contribution < -0.4 is 0 Å². The van der Waals surface area contributed by atoms with Gasteiger partial charge >= 0.3 is 5.97 Å². The maximum Gasteiger partial charge on any atom is 0.308 e. The van der Waals surface area contributed by atoms with Gasteiger partial charge < -0.3 is 10.0 Å². The number of carbonyl (C=O) groups is 2. The third-order valence-corrected chi connectivity index (χ3v) is 4.75. The third kappa shape index (κ3) is 2.41. The molecule has 2 heterocycles. The summed E-state index contributed by atoms with van der Waals surface area (Å²) in [6.07, 6.45) is 1.49. The molecule has 0 aromatic carbocycles. The second-order valence-corrected chi connectivity index (χ2v) is 5.78. The summed E-state index contributed by atoms with van der Waals surface area (Å²) in [6.45, 7) is 4.97. The Balaban J connectivity index is 2.10. The summed E-state index contributed by atoms with van der Waals surface area (Å²) in [5.74, 6) is -1.23. The second kappa shape index (κ2) is 5.10. The number of nitrogens with zero attached hydrogens (tertiary/aromatic N) is 1. The molecule has 5 heteroatoms. The van der Waals surface area contributed by atoms with Crippen LogP contribution in [0.15, 0.2) is 6.07 Å². The monoisotopic (exact) mass is 267 g/mol. The quantitative estimate of drug-likeness (QED) is 0.913. The maximum atomic E-state index is 12.2. The molecule has 18 heavy (non-hydrogen) atoms. The highest BCUT2D eigenvalue weighted by Crippen LogP contribution is 2.26. The highest BCUT2D eigenvalue weighted by atomic mass is 32.1. The number of aliphatic carboxylic acids is 1. The minimum Gasteiger partial charge on any atom is -0.481 e. The molecular weight excluding hydrogens is 250 g/mol. The largest absolute Gasteiger partial charge is 0.481 e. The van der Waals surface area contributed by atoms with Crippen molar-refractivity contribution in [1.29, 1.82) is 0 Å². The number of carboxylic acid groups (broad SMARTS) is 1. The summed E-state index contributed by atoms with van der Waals surface area (Å²) < 4.78 is 0. The lowest BCUT2D eigenvalue weighted by molar-refractivity contribution is -0.141. The molecule has 0 aliphatic carbocycles. The fraction of sp³-hybridized carbons (Fsp3) is 0.538. The van der Waals surface area contributed by atoms with E-state index in [1.54, 1.807) is 4.90 Å². The van der Waals surface area contributed by atoms with E-state index in [0.717, 1.165) is 16.9 Å². The summed E-state index contributed by atoms with van der Waals surface area (Å²) in [5.41, 5.74) is 1.15. The van der Waals surface area contributed by atoms with Gasteiger partial charge in [-0.15, -0.1) is 11.3 Å². The Labute approximate surface area is 110 Å². The SMILES string of the molecule is CCc1sc(C(=O)N2CC[C@H](C(=O)O)C2)cc1C. The van der Waals surface area contributed by atoms with Gasteiger partial charge in [0, 0.05) is 18.0 Å². The number of aryl methyl sites for hydroxylation is 2. The van der Waals surface area contributed by atoms with E-state index in [1.165, 1.54) is 16.2 Å². The molecule has 1 aromatic rings. The van der Waals surface area contributed by atoms with Crippen LogP contribution in [0.2, 0.25) is 0 Å². The third-order valence-electron chi connectivity index (χ3n) is 3.38. The molecule has 2 rings (SSSR count). The number of hydrogen-bond donors (Lipinski definition) is 1. The van der Waals surface area contributed by atoms with Gasteiger partial charge in [0.2, 0.25) is 0 Å². The molecule has 4 nitrogen and oxygen atoms in total. The molecule has 1 atom stereocenters. The first-order valence-electron chi connectivity index (χ1n) is 6.14. The molecule has 0 radical (unpaired) electrons. The number of carbonyl (C=O) groups excluding carboxylic acids is 1. The summed E-state index contributed by atoms with van der Waals surface area (Å²) >= 11 is 1.53. The van der Waals surface area contributed by atoms with Crippen LogP contribution in [0.25, 0.3) is 0 Å². The van der Waals surface area contributed by atoms with Crippen LogP contribution in [0, 0.1) is 12.8 Å². The van der Waals surface area contributed by atoms with E-state index in [1.807, 2.05) is 13.0 Å². The fourth-order valence-corrected chi connectivity index (χ4v) is 3.36. The van der Waals surface area contributed by atoms with Crippen molar-refractivity contribution in [3.8, 4) is 0 Å². The normalized spacial score (nSPS) is 19.2. The van der Waals surface area contributed by atoms with E-state index in [-0.39, 0.29) is 5.91 Å². The van der Waals surface area contributed by atoms with Gasteiger partial charge in [0.1, 0.15) is 0 Å². The van der Waals surface area contributed by atoms with E-state index in [9.17, 15) is 9.59 Å². The number of likely N-dealkylation sites (tertiary alicyclic amines) is 1. The zero-order chi connectivity index (χ0) is 13.3. The molecule has 1 aliphatic rings. The lowest BCUT2D eigenvalue weighted by Crippen LogP contribution is -2.29. The molecule has 0 bridgehead atoms. The summed E-state index contributed by atoms with van der Waals surface area (Å²) in [4.78, 5) is 26.7. The molecule has 1 fully saturated rings. The van der Waals surface area contributed by atoms with Crippen molar-refractivity contribution in [3.05, 3.63) is 21.4 Å².